The highest BCUT2D eigenvalue weighted by Gasteiger charge is 2.48. The molecular formula is C60H67BN2O2. The summed E-state index contributed by atoms with van der Waals surface area (Å²) in [4.78, 5) is 5.25. The third-order valence-corrected chi connectivity index (χ3v) is 16.3. The summed E-state index contributed by atoms with van der Waals surface area (Å²) in [7, 11) is 0. The molecule has 0 saturated heterocycles. The summed E-state index contributed by atoms with van der Waals surface area (Å²) in [5.74, 6) is 1.61. The topological polar surface area (TPSA) is 24.9 Å². The Kier molecular flexibility index (Phi) is 9.29. The van der Waals surface area contributed by atoms with Gasteiger partial charge in [-0.3, -0.25) is 0 Å². The Bertz CT molecular complexity index is 2930. The van der Waals surface area contributed by atoms with Crippen LogP contribution in [0.1, 0.15) is 142 Å². The van der Waals surface area contributed by atoms with E-state index in [2.05, 4.69) is 196 Å². The fourth-order valence-electron chi connectivity index (χ4n) is 12.1. The van der Waals surface area contributed by atoms with Gasteiger partial charge in [-0.15, -0.1) is 0 Å². The maximum absolute atomic E-state index is 6.54. The molecule has 0 saturated carbocycles. The van der Waals surface area contributed by atoms with Gasteiger partial charge < -0.3 is 19.3 Å². The van der Waals surface area contributed by atoms with Crippen molar-refractivity contribution in [3.8, 4) is 22.6 Å². The van der Waals surface area contributed by atoms with Crippen LogP contribution in [0.4, 0.5) is 34.1 Å². The molecule has 0 N–H and O–H groups in total. The van der Waals surface area contributed by atoms with Crippen LogP contribution in [-0.4, -0.2) is 19.9 Å². The standard InChI is InChI=1S/C60H67BN2O2/c1-37-29-51-55-52(30-37)63(49-36-54-53(64-27-16-28-65-54)33-41(49)38-17-14-13-15-18-38)48-22-19-39(56(2,3)4)31-46(48)61(55)47-34-44-45(60(11,12)26-25-59(44,9)10)35-50(47)62(51)40-20-21-42-43(32-40)58(7,8)24-23-57(42,5)6/h13-15,17-22,29-36H,16,23-28H2,1-12H3. The van der Waals surface area contributed by atoms with Crippen molar-refractivity contribution in [2.75, 3.05) is 23.0 Å². The lowest BCUT2D eigenvalue weighted by atomic mass is 9.33. The van der Waals surface area contributed by atoms with E-state index in [-0.39, 0.29) is 33.8 Å². The first-order chi connectivity index (χ1) is 30.7. The molecule has 0 unspecified atom stereocenters. The maximum Gasteiger partial charge on any atom is 0.252 e. The highest BCUT2D eigenvalue weighted by atomic mass is 16.5. The second-order valence-corrected chi connectivity index (χ2v) is 23.8. The monoisotopic (exact) mass is 859 g/mol. The minimum atomic E-state index is -0.0458. The zero-order valence-corrected chi connectivity index (χ0v) is 41.1. The lowest BCUT2D eigenvalue weighted by Gasteiger charge is -2.48. The van der Waals surface area contributed by atoms with Crippen molar-refractivity contribution < 1.29 is 9.47 Å². The molecule has 4 nitrogen and oxygen atoms in total. The van der Waals surface area contributed by atoms with Crippen molar-refractivity contribution in [2.24, 2.45) is 0 Å². The van der Waals surface area contributed by atoms with E-state index in [1.807, 2.05) is 0 Å². The van der Waals surface area contributed by atoms with Gasteiger partial charge in [0.15, 0.2) is 11.5 Å². The molecule has 65 heavy (non-hydrogen) atoms. The van der Waals surface area contributed by atoms with E-state index in [0.29, 0.717) is 13.2 Å². The van der Waals surface area contributed by atoms with Gasteiger partial charge in [0.25, 0.3) is 6.71 Å². The van der Waals surface area contributed by atoms with Crippen molar-refractivity contribution in [3.05, 3.63) is 137 Å². The fourth-order valence-corrected chi connectivity index (χ4v) is 12.1. The molecule has 5 aliphatic rings. The lowest BCUT2D eigenvalue weighted by molar-refractivity contribution is 0.297. The number of ether oxygens (including phenoxy) is 2. The molecule has 0 spiro atoms. The smallest absolute Gasteiger partial charge is 0.252 e. The first-order valence-corrected chi connectivity index (χ1v) is 24.5. The molecule has 6 aromatic rings. The predicted molar refractivity (Wildman–Crippen MR) is 276 cm³/mol. The summed E-state index contributed by atoms with van der Waals surface area (Å²) in [6, 6.07) is 40.5. The lowest BCUT2D eigenvalue weighted by Crippen LogP contribution is -2.62. The van der Waals surface area contributed by atoms with Crippen LogP contribution in [0.15, 0.2) is 103 Å². The number of benzene rings is 6. The number of aryl methyl sites for hydroxylation is 1. The summed E-state index contributed by atoms with van der Waals surface area (Å²) < 4.78 is 13.0. The molecule has 2 aliphatic carbocycles. The van der Waals surface area contributed by atoms with Gasteiger partial charge in [-0.05, 0) is 157 Å². The van der Waals surface area contributed by atoms with Gasteiger partial charge in [-0.25, -0.2) is 0 Å². The van der Waals surface area contributed by atoms with Gasteiger partial charge in [0.05, 0.1) is 18.9 Å². The maximum atomic E-state index is 6.54. The molecule has 0 atom stereocenters. The molecule has 11 rings (SSSR count). The largest absolute Gasteiger partial charge is 0.490 e. The molecule has 3 heterocycles. The van der Waals surface area contributed by atoms with Crippen molar-refractivity contribution in [1.82, 2.24) is 0 Å². The third kappa shape index (κ3) is 6.60. The van der Waals surface area contributed by atoms with Crippen molar-refractivity contribution in [3.63, 3.8) is 0 Å². The fraction of sp³-hybridized carbons (Fsp3) is 0.400. The highest BCUT2D eigenvalue weighted by Crippen LogP contribution is 2.54. The molecule has 5 heteroatoms. The summed E-state index contributed by atoms with van der Waals surface area (Å²) in [5.41, 5.74) is 22.6. The number of hydrogen-bond acceptors (Lipinski definition) is 4. The summed E-state index contributed by atoms with van der Waals surface area (Å²) in [6.07, 6.45) is 5.56. The van der Waals surface area contributed by atoms with Crippen molar-refractivity contribution in [2.45, 2.75) is 142 Å². The predicted octanol–water partition coefficient (Wildman–Crippen LogP) is 13.9. The SMILES string of the molecule is Cc1cc2c3c(c1)N(c1cc4c(cc1-c1ccccc1)OCCCO4)c1ccc(C(C)(C)C)cc1B3c1cc3c(cc1N2c1ccc2c(c1)C(C)(C)CCC2(C)C)C(C)(C)CCC3(C)C. The third-order valence-electron chi connectivity index (χ3n) is 16.3. The second kappa shape index (κ2) is 14.3. The average molecular weight is 859 g/mol. The normalized spacial score (nSPS) is 19.3. The Hall–Kier alpha value is -5.42. The van der Waals surface area contributed by atoms with E-state index < -0.39 is 0 Å². The molecule has 6 aromatic carbocycles. The molecule has 332 valence electrons. The zero-order valence-electron chi connectivity index (χ0n) is 41.1. The first kappa shape index (κ1) is 42.2. The van der Waals surface area contributed by atoms with Gasteiger partial charge in [0, 0.05) is 46.5 Å². The Balaban J connectivity index is 1.27. The average Bonchev–Trinajstić information content (AvgIpc) is 3.50. The molecule has 0 bridgehead atoms. The van der Waals surface area contributed by atoms with E-state index in [1.165, 1.54) is 104 Å². The molecule has 3 aliphatic heterocycles. The van der Waals surface area contributed by atoms with Gasteiger partial charge in [-0.1, -0.05) is 131 Å². The van der Waals surface area contributed by atoms with E-state index in [4.69, 9.17) is 9.47 Å². The molecule has 0 aromatic heterocycles. The Morgan fingerprint density at radius 3 is 1.72 bits per heavy atom. The van der Waals surface area contributed by atoms with Gasteiger partial charge in [0.2, 0.25) is 0 Å². The summed E-state index contributed by atoms with van der Waals surface area (Å²) in [5, 5.41) is 0. The number of nitrogens with zero attached hydrogens (tertiary/aromatic N) is 2. The van der Waals surface area contributed by atoms with Crippen LogP contribution in [0.25, 0.3) is 11.1 Å². The number of anilines is 6. The first-order valence-electron chi connectivity index (χ1n) is 24.5. The van der Waals surface area contributed by atoms with Crippen LogP contribution in [0.5, 0.6) is 11.5 Å². The molecule has 0 amide bonds. The van der Waals surface area contributed by atoms with Gasteiger partial charge >= 0.3 is 0 Å². The van der Waals surface area contributed by atoms with Crippen LogP contribution >= 0.6 is 0 Å². The minimum Gasteiger partial charge on any atom is -0.490 e. The van der Waals surface area contributed by atoms with Crippen molar-refractivity contribution >= 4 is 57.2 Å². The van der Waals surface area contributed by atoms with E-state index >= 15 is 0 Å². The number of rotatable bonds is 3. The van der Waals surface area contributed by atoms with Crippen LogP contribution in [0, 0.1) is 6.92 Å². The van der Waals surface area contributed by atoms with Crippen LogP contribution in [0.2, 0.25) is 0 Å². The number of hydrogen-bond donors (Lipinski definition) is 0. The Morgan fingerprint density at radius 2 is 1.08 bits per heavy atom. The molecule has 0 fully saturated rings. The number of fused-ring (bicyclic) bond motifs is 7. The summed E-state index contributed by atoms with van der Waals surface area (Å²) in [6.45, 7) is 30.3. The van der Waals surface area contributed by atoms with Crippen molar-refractivity contribution in [1.29, 1.82) is 0 Å². The van der Waals surface area contributed by atoms with Crippen LogP contribution in [0.3, 0.4) is 0 Å². The highest BCUT2D eigenvalue weighted by molar-refractivity contribution is 7.00. The zero-order chi connectivity index (χ0) is 45.6. The van der Waals surface area contributed by atoms with E-state index in [0.717, 1.165) is 34.7 Å². The molecular weight excluding hydrogens is 791 g/mol. The Labute approximate surface area is 389 Å². The van der Waals surface area contributed by atoms with Crippen LogP contribution in [-0.2, 0) is 27.1 Å². The van der Waals surface area contributed by atoms with Gasteiger partial charge in [-0.2, -0.15) is 0 Å². The second-order valence-electron chi connectivity index (χ2n) is 23.8. The van der Waals surface area contributed by atoms with Gasteiger partial charge in [0.1, 0.15) is 0 Å². The minimum absolute atomic E-state index is 0.0140. The Morgan fingerprint density at radius 1 is 0.508 bits per heavy atom. The van der Waals surface area contributed by atoms with E-state index in [1.54, 1.807) is 0 Å². The summed E-state index contributed by atoms with van der Waals surface area (Å²) >= 11 is 0. The molecule has 0 radical (unpaired) electrons. The van der Waals surface area contributed by atoms with E-state index in [9.17, 15) is 0 Å². The van der Waals surface area contributed by atoms with Crippen LogP contribution < -0.4 is 35.7 Å². The quantitative estimate of drug-likeness (QED) is 0.165.